The van der Waals surface area contributed by atoms with Crippen molar-refractivity contribution in [2.75, 3.05) is 0 Å². The Kier molecular flexibility index (Phi) is 9.44. The molecule has 0 aliphatic carbocycles. The second kappa shape index (κ2) is 15.3. The maximum atomic E-state index is 13.8. The van der Waals surface area contributed by atoms with Gasteiger partial charge in [-0.25, -0.2) is 15.0 Å². The van der Waals surface area contributed by atoms with Crippen LogP contribution in [-0.4, -0.2) is 24.1 Å². The molecule has 0 aliphatic heterocycles. The first kappa shape index (κ1) is 40.7. The zero-order valence-corrected chi connectivity index (χ0v) is 35.2. The van der Waals surface area contributed by atoms with Crippen molar-refractivity contribution in [2.45, 2.75) is 26.2 Å². The molecule has 11 aromatic rings. The molecule has 0 saturated carbocycles. The number of aromatic nitrogens is 5. The number of nitrogens with zero attached hydrogens (tertiary/aromatic N) is 5. The number of halogens is 6. The van der Waals surface area contributed by atoms with Crippen molar-refractivity contribution >= 4 is 43.6 Å². The van der Waals surface area contributed by atoms with Crippen LogP contribution in [0.25, 0.3) is 100 Å². The van der Waals surface area contributed by atoms with Gasteiger partial charge in [0.2, 0.25) is 0 Å². The van der Waals surface area contributed by atoms with E-state index in [9.17, 15) is 26.3 Å². The van der Waals surface area contributed by atoms with Gasteiger partial charge in [0.05, 0.1) is 33.2 Å². The van der Waals surface area contributed by atoms with E-state index in [0.29, 0.717) is 28.3 Å². The minimum atomic E-state index is -4.98. The number of benzene rings is 8. The number of aryl methyl sites for hydroxylation is 2. The SMILES string of the molecule is Cc1cccc2c3ccccc3n(-c3ccc(-c4nc(-c5ccc(-c6cc(C(F)(F)F)cc(C(F)(F)F)c6)cc5)nc(-c5ccc(-n6c7ccccc7c7cccc(C)c76)cc5)n4)cc3)c12. The molecule has 3 aromatic heterocycles. The third-order valence-electron chi connectivity index (χ3n) is 12.3. The predicted octanol–water partition coefficient (Wildman–Crippen LogP) is 15.4. The van der Waals surface area contributed by atoms with E-state index in [0.717, 1.165) is 78.2 Å². The van der Waals surface area contributed by atoms with Crippen LogP contribution < -0.4 is 0 Å². The average molecular weight is 880 g/mol. The summed E-state index contributed by atoms with van der Waals surface area (Å²) in [6, 6.07) is 52.8. The van der Waals surface area contributed by atoms with Gasteiger partial charge in [0.25, 0.3) is 0 Å². The largest absolute Gasteiger partial charge is 0.416 e. The average Bonchev–Trinajstić information content (AvgIpc) is 3.86. The second-order valence-corrected chi connectivity index (χ2v) is 16.4. The summed E-state index contributed by atoms with van der Waals surface area (Å²) in [6.07, 6.45) is -9.95. The van der Waals surface area contributed by atoms with Gasteiger partial charge in [-0.05, 0) is 115 Å². The maximum Gasteiger partial charge on any atom is 0.416 e. The number of hydrogen-bond donors (Lipinski definition) is 0. The van der Waals surface area contributed by atoms with Crippen molar-refractivity contribution < 1.29 is 26.3 Å². The number of fused-ring (bicyclic) bond motifs is 6. The Labute approximate surface area is 373 Å². The van der Waals surface area contributed by atoms with Crippen LogP contribution in [-0.2, 0) is 12.4 Å². The van der Waals surface area contributed by atoms with Crippen LogP contribution in [0.2, 0.25) is 0 Å². The molecule has 5 nitrogen and oxygen atoms in total. The number of rotatable bonds is 6. The molecule has 0 atom stereocenters. The van der Waals surface area contributed by atoms with Crippen molar-refractivity contribution in [3.05, 3.63) is 198 Å². The third kappa shape index (κ3) is 6.95. The zero-order chi connectivity index (χ0) is 45.5. The molecule has 0 radical (unpaired) electrons. The summed E-state index contributed by atoms with van der Waals surface area (Å²) in [7, 11) is 0. The Bertz CT molecular complexity index is 3460. The van der Waals surface area contributed by atoms with Crippen molar-refractivity contribution in [3.8, 4) is 56.7 Å². The molecule has 8 aromatic carbocycles. The lowest BCUT2D eigenvalue weighted by Gasteiger charge is -2.15. The van der Waals surface area contributed by atoms with E-state index in [1.165, 1.54) is 12.1 Å². The van der Waals surface area contributed by atoms with E-state index in [2.05, 4.69) is 83.6 Å². The van der Waals surface area contributed by atoms with Crippen LogP contribution >= 0.6 is 0 Å². The van der Waals surface area contributed by atoms with E-state index in [4.69, 9.17) is 15.0 Å². The molecule has 11 heteroatoms. The fourth-order valence-electron chi connectivity index (χ4n) is 9.13. The normalized spacial score (nSPS) is 12.2. The fourth-order valence-corrected chi connectivity index (χ4v) is 9.13. The molecule has 0 saturated heterocycles. The highest BCUT2D eigenvalue weighted by molar-refractivity contribution is 6.11. The molecule has 0 aliphatic rings. The lowest BCUT2D eigenvalue weighted by Crippen LogP contribution is -2.11. The molecular weight excluding hydrogens is 845 g/mol. The number of hydrogen-bond acceptors (Lipinski definition) is 3. The van der Waals surface area contributed by atoms with Gasteiger partial charge in [-0.2, -0.15) is 26.3 Å². The van der Waals surface area contributed by atoms with Gasteiger partial charge < -0.3 is 9.13 Å². The molecular formula is C55H35F6N5. The van der Waals surface area contributed by atoms with Crippen LogP contribution in [0, 0.1) is 13.8 Å². The Balaban J connectivity index is 1.03. The quantitative estimate of drug-likeness (QED) is 0.156. The van der Waals surface area contributed by atoms with Gasteiger partial charge in [-0.3, -0.25) is 0 Å². The van der Waals surface area contributed by atoms with E-state index in [-0.39, 0.29) is 23.0 Å². The summed E-state index contributed by atoms with van der Waals surface area (Å²) < 4.78 is 87.1. The van der Waals surface area contributed by atoms with Gasteiger partial charge in [-0.1, -0.05) is 97.1 Å². The topological polar surface area (TPSA) is 48.5 Å². The fraction of sp³-hybridized carbons (Fsp3) is 0.0727. The predicted molar refractivity (Wildman–Crippen MR) is 250 cm³/mol. The molecule has 0 spiro atoms. The Morgan fingerprint density at radius 2 is 0.697 bits per heavy atom. The van der Waals surface area contributed by atoms with Crippen LogP contribution in [0.3, 0.4) is 0 Å². The highest BCUT2D eigenvalue weighted by atomic mass is 19.4. The monoisotopic (exact) mass is 879 g/mol. The van der Waals surface area contributed by atoms with Gasteiger partial charge in [0.15, 0.2) is 17.5 Å². The molecule has 322 valence electrons. The Hall–Kier alpha value is -8.05. The summed E-state index contributed by atoms with van der Waals surface area (Å²) in [5.74, 6) is 1.02. The van der Waals surface area contributed by atoms with Crippen molar-refractivity contribution in [3.63, 3.8) is 0 Å². The molecule has 3 heterocycles. The Morgan fingerprint density at radius 3 is 1.09 bits per heavy atom. The molecule has 0 bridgehead atoms. The van der Waals surface area contributed by atoms with Crippen LogP contribution in [0.15, 0.2) is 176 Å². The lowest BCUT2D eigenvalue weighted by molar-refractivity contribution is -0.143. The van der Waals surface area contributed by atoms with Gasteiger partial charge in [0.1, 0.15) is 0 Å². The summed E-state index contributed by atoms with van der Waals surface area (Å²) in [5.41, 5.74) is 7.60. The summed E-state index contributed by atoms with van der Waals surface area (Å²) >= 11 is 0. The lowest BCUT2D eigenvalue weighted by atomic mass is 9.98. The minimum Gasteiger partial charge on any atom is -0.309 e. The first-order chi connectivity index (χ1) is 31.8. The first-order valence-corrected chi connectivity index (χ1v) is 21.2. The van der Waals surface area contributed by atoms with Crippen molar-refractivity contribution in [2.24, 2.45) is 0 Å². The van der Waals surface area contributed by atoms with Gasteiger partial charge in [-0.15, -0.1) is 0 Å². The van der Waals surface area contributed by atoms with Crippen molar-refractivity contribution in [1.82, 2.24) is 24.1 Å². The molecule has 0 unspecified atom stereocenters. The van der Waals surface area contributed by atoms with E-state index >= 15 is 0 Å². The van der Waals surface area contributed by atoms with E-state index < -0.39 is 23.5 Å². The highest BCUT2D eigenvalue weighted by Gasteiger charge is 2.37. The van der Waals surface area contributed by atoms with Crippen LogP contribution in [0.4, 0.5) is 26.3 Å². The molecule has 66 heavy (non-hydrogen) atoms. The van der Waals surface area contributed by atoms with Crippen LogP contribution in [0.5, 0.6) is 0 Å². The molecule has 0 fully saturated rings. The number of para-hydroxylation sites is 4. The number of alkyl halides is 6. The smallest absolute Gasteiger partial charge is 0.309 e. The minimum absolute atomic E-state index is 0.124. The van der Waals surface area contributed by atoms with Gasteiger partial charge in [0, 0.05) is 49.6 Å². The summed E-state index contributed by atoms with van der Waals surface area (Å²) in [4.78, 5) is 14.8. The summed E-state index contributed by atoms with van der Waals surface area (Å²) in [6.45, 7) is 4.20. The third-order valence-corrected chi connectivity index (χ3v) is 12.3. The molecule has 0 N–H and O–H groups in total. The van der Waals surface area contributed by atoms with Crippen LogP contribution in [0.1, 0.15) is 22.3 Å². The first-order valence-electron chi connectivity index (χ1n) is 21.2. The van der Waals surface area contributed by atoms with Gasteiger partial charge >= 0.3 is 12.4 Å². The van der Waals surface area contributed by atoms with E-state index in [1.807, 2.05) is 72.8 Å². The second-order valence-electron chi connectivity index (χ2n) is 16.4. The zero-order valence-electron chi connectivity index (χ0n) is 35.2. The molecule has 0 amide bonds. The maximum absolute atomic E-state index is 13.8. The summed E-state index contributed by atoms with van der Waals surface area (Å²) in [5, 5.41) is 4.60. The molecule has 11 rings (SSSR count). The standard InChI is InChI=1S/C55H35F6N5/c1-32-9-7-13-45-43-11-3-5-15-47(43)65(49(32)45)41-25-21-36(22-26-41)52-62-51(35-19-17-34(18-20-35)38-29-39(54(56,57)58)31-40(30-38)55(59,60)61)63-53(64-52)37-23-27-42(28-24-37)66-48-16-6-4-12-44(48)46-14-8-10-33(2)50(46)66/h3-31H,1-2H3. The van der Waals surface area contributed by atoms with E-state index in [1.54, 1.807) is 12.1 Å². The van der Waals surface area contributed by atoms with Crippen molar-refractivity contribution in [1.29, 1.82) is 0 Å². The Morgan fingerprint density at radius 1 is 0.348 bits per heavy atom. The highest BCUT2D eigenvalue weighted by Crippen LogP contribution is 2.40.